The minimum Gasteiger partial charge on any atom is -0.494 e. The molecule has 3 aromatic rings. The zero-order chi connectivity index (χ0) is 19.4. The molecular weight excluding hydrogens is 373 g/mol. The zero-order valence-electron chi connectivity index (χ0n) is 13.6. The average Bonchev–Trinajstić information content (AvgIpc) is 2.66. The molecule has 2 heterocycles. The number of aromatic amines is 1. The third kappa shape index (κ3) is 3.96. The normalized spacial score (nSPS) is 10.9. The Morgan fingerprint density at radius 2 is 1.93 bits per heavy atom. The SMILES string of the molecule is O=C(N/N=C\c1c(O)n(-c2ccc(F)cc2)c(=S)[nH]c1=O)c1ccncc1. The molecule has 3 N–H and O–H groups in total. The molecule has 0 fully saturated rings. The molecular formula is C17H12FN5O3S. The van der Waals surface area contributed by atoms with Gasteiger partial charge in [0, 0.05) is 18.0 Å². The Bertz CT molecular complexity index is 1120. The van der Waals surface area contributed by atoms with Crippen LogP contribution in [0.15, 0.2) is 58.7 Å². The second kappa shape index (κ2) is 7.70. The van der Waals surface area contributed by atoms with Crippen LogP contribution in [0.5, 0.6) is 5.88 Å². The number of hydrazone groups is 1. The summed E-state index contributed by atoms with van der Waals surface area (Å²) in [5.74, 6) is -1.48. The van der Waals surface area contributed by atoms with E-state index in [4.69, 9.17) is 12.2 Å². The van der Waals surface area contributed by atoms with E-state index in [0.29, 0.717) is 11.3 Å². The van der Waals surface area contributed by atoms with Gasteiger partial charge in [0.25, 0.3) is 11.5 Å². The van der Waals surface area contributed by atoms with Crippen molar-refractivity contribution in [3.63, 3.8) is 0 Å². The van der Waals surface area contributed by atoms with E-state index in [1.807, 2.05) is 0 Å². The van der Waals surface area contributed by atoms with Crippen molar-refractivity contribution in [2.45, 2.75) is 0 Å². The molecule has 0 bridgehead atoms. The highest BCUT2D eigenvalue weighted by atomic mass is 32.1. The summed E-state index contributed by atoms with van der Waals surface area (Å²) in [6, 6.07) is 8.12. The van der Waals surface area contributed by atoms with Crippen LogP contribution in [0.3, 0.4) is 0 Å². The standard InChI is InChI=1S/C17H12FN5O3S/c18-11-1-3-12(4-2-11)23-16(26)13(15(25)21-17(23)27)9-20-22-14(24)10-5-7-19-8-6-10/h1-9,26H,(H,22,24)(H,21,25,27)/b20-9-. The summed E-state index contributed by atoms with van der Waals surface area (Å²) < 4.78 is 14.2. The monoisotopic (exact) mass is 385 g/mol. The van der Waals surface area contributed by atoms with Gasteiger partial charge in [-0.3, -0.25) is 24.1 Å². The van der Waals surface area contributed by atoms with E-state index < -0.39 is 23.2 Å². The summed E-state index contributed by atoms with van der Waals surface area (Å²) in [5, 5.41) is 14.1. The lowest BCUT2D eigenvalue weighted by molar-refractivity contribution is 0.0955. The van der Waals surface area contributed by atoms with Crippen molar-refractivity contribution < 1.29 is 14.3 Å². The van der Waals surface area contributed by atoms with E-state index in [9.17, 15) is 19.1 Å². The highest BCUT2D eigenvalue weighted by Crippen LogP contribution is 2.18. The van der Waals surface area contributed by atoms with Crippen molar-refractivity contribution in [1.29, 1.82) is 0 Å². The first-order chi connectivity index (χ1) is 13.0. The van der Waals surface area contributed by atoms with Crippen LogP contribution in [0.4, 0.5) is 4.39 Å². The van der Waals surface area contributed by atoms with Crippen LogP contribution in [0.2, 0.25) is 0 Å². The second-order valence-corrected chi connectivity index (χ2v) is 5.63. The Balaban J connectivity index is 1.93. The molecule has 0 saturated heterocycles. The molecule has 136 valence electrons. The topological polar surface area (TPSA) is 112 Å². The molecule has 0 unspecified atom stereocenters. The number of aromatic nitrogens is 3. The van der Waals surface area contributed by atoms with Crippen molar-refractivity contribution in [3.8, 4) is 11.6 Å². The van der Waals surface area contributed by atoms with Crippen LogP contribution in [-0.2, 0) is 0 Å². The fraction of sp³-hybridized carbons (Fsp3) is 0. The molecule has 2 aromatic heterocycles. The molecule has 10 heteroatoms. The van der Waals surface area contributed by atoms with Gasteiger partial charge in [0.1, 0.15) is 11.4 Å². The van der Waals surface area contributed by atoms with E-state index in [-0.39, 0.29) is 10.3 Å². The van der Waals surface area contributed by atoms with Crippen molar-refractivity contribution in [2.75, 3.05) is 0 Å². The third-order valence-electron chi connectivity index (χ3n) is 3.51. The zero-order valence-corrected chi connectivity index (χ0v) is 14.4. The number of rotatable bonds is 4. The molecule has 27 heavy (non-hydrogen) atoms. The van der Waals surface area contributed by atoms with Gasteiger partial charge in [-0.15, -0.1) is 0 Å². The fourth-order valence-corrected chi connectivity index (χ4v) is 2.49. The lowest BCUT2D eigenvalue weighted by Gasteiger charge is -2.11. The molecule has 0 saturated carbocycles. The fourth-order valence-electron chi connectivity index (χ4n) is 2.21. The first-order valence-electron chi connectivity index (χ1n) is 7.55. The van der Waals surface area contributed by atoms with Crippen LogP contribution < -0.4 is 11.0 Å². The summed E-state index contributed by atoms with van der Waals surface area (Å²) in [7, 11) is 0. The molecule has 3 rings (SSSR count). The number of halogens is 1. The molecule has 0 atom stereocenters. The number of aromatic hydroxyl groups is 1. The maximum Gasteiger partial charge on any atom is 0.271 e. The van der Waals surface area contributed by atoms with E-state index >= 15 is 0 Å². The van der Waals surface area contributed by atoms with Gasteiger partial charge in [-0.2, -0.15) is 5.10 Å². The molecule has 1 amide bonds. The van der Waals surface area contributed by atoms with Crippen molar-refractivity contribution in [1.82, 2.24) is 20.0 Å². The highest BCUT2D eigenvalue weighted by Gasteiger charge is 2.13. The van der Waals surface area contributed by atoms with Crippen LogP contribution in [0.1, 0.15) is 15.9 Å². The van der Waals surface area contributed by atoms with E-state index in [1.165, 1.54) is 48.8 Å². The Morgan fingerprint density at radius 3 is 2.59 bits per heavy atom. The Kier molecular flexibility index (Phi) is 5.18. The maximum atomic E-state index is 13.1. The van der Waals surface area contributed by atoms with E-state index in [0.717, 1.165) is 10.8 Å². The number of benzene rings is 1. The predicted molar refractivity (Wildman–Crippen MR) is 98.1 cm³/mol. The molecule has 0 spiro atoms. The quantitative estimate of drug-likeness (QED) is 0.361. The summed E-state index contributed by atoms with van der Waals surface area (Å²) in [4.78, 5) is 30.2. The van der Waals surface area contributed by atoms with Gasteiger partial charge in [0.2, 0.25) is 5.88 Å². The molecule has 0 aliphatic carbocycles. The number of nitrogens with zero attached hydrogens (tertiary/aromatic N) is 3. The predicted octanol–water partition coefficient (Wildman–Crippen LogP) is 1.90. The second-order valence-electron chi connectivity index (χ2n) is 5.24. The van der Waals surface area contributed by atoms with Crippen LogP contribution in [0.25, 0.3) is 5.69 Å². The van der Waals surface area contributed by atoms with Gasteiger partial charge in [0.15, 0.2) is 4.77 Å². The largest absolute Gasteiger partial charge is 0.494 e. The van der Waals surface area contributed by atoms with Crippen LogP contribution in [-0.4, -0.2) is 31.8 Å². The lowest BCUT2D eigenvalue weighted by Crippen LogP contribution is -2.21. The number of hydrogen-bond acceptors (Lipinski definition) is 6. The third-order valence-corrected chi connectivity index (χ3v) is 3.79. The summed E-state index contributed by atoms with van der Waals surface area (Å²) in [6.07, 6.45) is 3.88. The van der Waals surface area contributed by atoms with E-state index in [2.05, 4.69) is 20.5 Å². The van der Waals surface area contributed by atoms with Gasteiger partial charge in [0.05, 0.1) is 11.9 Å². The molecule has 1 aromatic carbocycles. The average molecular weight is 385 g/mol. The number of carbonyl (C=O) groups is 1. The number of carbonyl (C=O) groups excluding carboxylic acids is 1. The van der Waals surface area contributed by atoms with Crippen molar-refractivity contribution in [2.24, 2.45) is 5.10 Å². The van der Waals surface area contributed by atoms with Gasteiger partial charge < -0.3 is 5.11 Å². The highest BCUT2D eigenvalue weighted by molar-refractivity contribution is 7.71. The smallest absolute Gasteiger partial charge is 0.271 e. The van der Waals surface area contributed by atoms with Gasteiger partial charge in [-0.1, -0.05) is 0 Å². The Hall–Kier alpha value is -3.66. The Morgan fingerprint density at radius 1 is 1.26 bits per heavy atom. The number of amides is 1. The van der Waals surface area contributed by atoms with Gasteiger partial charge >= 0.3 is 0 Å². The number of H-pyrrole nitrogens is 1. The molecule has 0 aliphatic rings. The van der Waals surface area contributed by atoms with Gasteiger partial charge in [-0.05, 0) is 48.6 Å². The van der Waals surface area contributed by atoms with Crippen LogP contribution in [0, 0.1) is 10.6 Å². The minimum absolute atomic E-state index is 0.0814. The van der Waals surface area contributed by atoms with Crippen LogP contribution >= 0.6 is 12.2 Å². The maximum absolute atomic E-state index is 13.1. The number of pyridine rings is 1. The Labute approximate surface area is 156 Å². The first kappa shape index (κ1) is 18.1. The van der Waals surface area contributed by atoms with E-state index in [1.54, 1.807) is 0 Å². The molecule has 8 nitrogen and oxygen atoms in total. The summed E-state index contributed by atoms with van der Waals surface area (Å²) >= 11 is 5.05. The molecule has 0 radical (unpaired) electrons. The van der Waals surface area contributed by atoms with Gasteiger partial charge in [-0.25, -0.2) is 9.82 Å². The summed E-state index contributed by atoms with van der Waals surface area (Å²) in [5.41, 5.74) is 1.97. The van der Waals surface area contributed by atoms with Crippen molar-refractivity contribution in [3.05, 3.63) is 80.9 Å². The summed E-state index contributed by atoms with van der Waals surface area (Å²) in [6.45, 7) is 0. The lowest BCUT2D eigenvalue weighted by atomic mass is 10.2. The minimum atomic E-state index is -0.697. The number of hydrogen-bond donors (Lipinski definition) is 3. The number of nitrogens with one attached hydrogen (secondary N) is 2. The first-order valence-corrected chi connectivity index (χ1v) is 7.96. The molecule has 0 aliphatic heterocycles. The van der Waals surface area contributed by atoms with Crippen molar-refractivity contribution >= 4 is 24.3 Å².